The van der Waals surface area contributed by atoms with Crippen LogP contribution in [-0.2, 0) is 9.84 Å². The molecule has 6 heteroatoms. The first-order chi connectivity index (χ1) is 7.87. The highest BCUT2D eigenvalue weighted by molar-refractivity contribution is 7.91. The Morgan fingerprint density at radius 3 is 2.71 bits per heavy atom. The van der Waals surface area contributed by atoms with Gasteiger partial charge in [-0.2, -0.15) is 0 Å². The Bertz CT molecular complexity index is 685. The minimum Gasteiger partial charge on any atom is -0.451 e. The van der Waals surface area contributed by atoms with E-state index >= 15 is 0 Å². The Balaban J connectivity index is 2.44. The summed E-state index contributed by atoms with van der Waals surface area (Å²) >= 11 is 5.88. The summed E-state index contributed by atoms with van der Waals surface area (Å²) in [6.07, 6.45) is 1.00. The lowest BCUT2D eigenvalue weighted by Crippen LogP contribution is -2.13. The van der Waals surface area contributed by atoms with Gasteiger partial charge in [0.25, 0.3) is 0 Å². The van der Waals surface area contributed by atoms with Crippen LogP contribution in [0.15, 0.2) is 28.7 Å². The van der Waals surface area contributed by atoms with Crippen LogP contribution in [0.1, 0.15) is 10.6 Å². The fraction of sp³-hybridized carbons (Fsp3) is 0.182. The van der Waals surface area contributed by atoms with E-state index in [1.807, 2.05) is 0 Å². The second-order valence-electron chi connectivity index (χ2n) is 3.76. The molecule has 0 saturated heterocycles. The molecule has 0 bridgehead atoms. The van der Waals surface area contributed by atoms with Gasteiger partial charge in [-0.1, -0.05) is 23.7 Å². The zero-order valence-electron chi connectivity index (χ0n) is 8.94. The molecule has 0 aliphatic heterocycles. The van der Waals surface area contributed by atoms with Gasteiger partial charge >= 0.3 is 0 Å². The van der Waals surface area contributed by atoms with Crippen LogP contribution in [0.2, 0.25) is 5.02 Å². The maximum Gasteiger partial charge on any atom is 0.212 e. The van der Waals surface area contributed by atoms with Crippen molar-refractivity contribution in [1.82, 2.24) is 0 Å². The van der Waals surface area contributed by atoms with Gasteiger partial charge in [0, 0.05) is 11.6 Å². The van der Waals surface area contributed by atoms with E-state index in [1.54, 1.807) is 18.2 Å². The molecular weight excluding hydrogens is 264 g/mol. The van der Waals surface area contributed by atoms with Crippen molar-refractivity contribution in [2.24, 2.45) is 0 Å². The minimum atomic E-state index is -3.36. The van der Waals surface area contributed by atoms with Gasteiger partial charge < -0.3 is 4.42 Å². The zero-order chi connectivity index (χ0) is 12.6. The van der Waals surface area contributed by atoms with E-state index in [4.69, 9.17) is 16.0 Å². The molecule has 0 spiro atoms. The van der Waals surface area contributed by atoms with Gasteiger partial charge in [-0.3, -0.25) is 4.79 Å². The Morgan fingerprint density at radius 1 is 1.41 bits per heavy atom. The molecule has 0 aliphatic rings. The zero-order valence-corrected chi connectivity index (χ0v) is 10.5. The summed E-state index contributed by atoms with van der Waals surface area (Å²) in [5, 5.41) is 1.07. The number of ketones is 1. The molecule has 0 amide bonds. The summed E-state index contributed by atoms with van der Waals surface area (Å²) < 4.78 is 27.3. The smallest absolute Gasteiger partial charge is 0.212 e. The molecule has 1 aromatic heterocycles. The highest BCUT2D eigenvalue weighted by atomic mass is 35.5. The Labute approximate surface area is 103 Å². The summed E-state index contributed by atoms with van der Waals surface area (Å²) in [5.41, 5.74) is 0.394. The summed E-state index contributed by atoms with van der Waals surface area (Å²) in [5.74, 6) is -1.12. The Kier molecular flexibility index (Phi) is 2.97. The molecule has 0 unspecified atom stereocenters. The molecule has 2 aromatic rings. The van der Waals surface area contributed by atoms with Gasteiger partial charge in [0.1, 0.15) is 5.75 Å². The van der Waals surface area contributed by atoms with Crippen LogP contribution in [0.4, 0.5) is 0 Å². The lowest BCUT2D eigenvalue weighted by Gasteiger charge is -1.94. The maximum absolute atomic E-state index is 11.6. The predicted octanol–water partition coefficient (Wildman–Crippen LogP) is 2.31. The number of hydrogen-bond donors (Lipinski definition) is 0. The number of carbonyl (C=O) groups is 1. The van der Waals surface area contributed by atoms with Crippen LogP contribution in [0.25, 0.3) is 11.0 Å². The van der Waals surface area contributed by atoms with Crippen LogP contribution in [0.3, 0.4) is 0 Å². The van der Waals surface area contributed by atoms with E-state index in [2.05, 4.69) is 0 Å². The lowest BCUT2D eigenvalue weighted by atomic mass is 10.2. The number of sulfone groups is 1. The quantitative estimate of drug-likeness (QED) is 0.805. The standard InChI is InChI=1S/C11H9ClO4S/c1-17(14,15)6-9(13)10-5-7-3-2-4-8(12)11(7)16-10/h2-5H,6H2,1H3. The van der Waals surface area contributed by atoms with E-state index in [1.165, 1.54) is 6.07 Å². The summed E-state index contributed by atoms with van der Waals surface area (Å²) in [4.78, 5) is 11.6. The Morgan fingerprint density at radius 2 is 2.12 bits per heavy atom. The first-order valence-electron chi connectivity index (χ1n) is 4.76. The van der Waals surface area contributed by atoms with Crippen molar-refractivity contribution in [3.05, 3.63) is 35.0 Å². The average Bonchev–Trinajstić information content (AvgIpc) is 2.60. The van der Waals surface area contributed by atoms with Crippen molar-refractivity contribution >= 4 is 38.2 Å². The van der Waals surface area contributed by atoms with Crippen LogP contribution in [0, 0.1) is 0 Å². The van der Waals surface area contributed by atoms with Gasteiger partial charge in [-0.15, -0.1) is 0 Å². The molecule has 90 valence electrons. The van der Waals surface area contributed by atoms with Crippen LogP contribution in [0.5, 0.6) is 0 Å². The van der Waals surface area contributed by atoms with Crippen molar-refractivity contribution in [2.45, 2.75) is 0 Å². The topological polar surface area (TPSA) is 64.3 Å². The van der Waals surface area contributed by atoms with E-state index in [9.17, 15) is 13.2 Å². The highest BCUT2D eigenvalue weighted by Crippen LogP contribution is 2.26. The number of para-hydroxylation sites is 1. The van der Waals surface area contributed by atoms with Crippen molar-refractivity contribution in [3.8, 4) is 0 Å². The van der Waals surface area contributed by atoms with E-state index in [0.29, 0.717) is 16.0 Å². The molecule has 2 rings (SSSR count). The number of furan rings is 1. The summed E-state index contributed by atoms with van der Waals surface area (Å²) in [6.45, 7) is 0. The molecule has 17 heavy (non-hydrogen) atoms. The van der Waals surface area contributed by atoms with Crippen LogP contribution >= 0.6 is 11.6 Å². The number of benzene rings is 1. The number of fused-ring (bicyclic) bond motifs is 1. The molecule has 0 aliphatic carbocycles. The van der Waals surface area contributed by atoms with Crippen molar-refractivity contribution in [3.63, 3.8) is 0 Å². The minimum absolute atomic E-state index is 0.0125. The van der Waals surface area contributed by atoms with Crippen molar-refractivity contribution in [2.75, 3.05) is 12.0 Å². The SMILES string of the molecule is CS(=O)(=O)CC(=O)c1cc2cccc(Cl)c2o1. The lowest BCUT2D eigenvalue weighted by molar-refractivity contribution is 0.0993. The number of Topliss-reactive ketones (excluding diaryl/α,β-unsaturated/α-hetero) is 1. The second kappa shape index (κ2) is 4.16. The van der Waals surface area contributed by atoms with Crippen molar-refractivity contribution < 1.29 is 17.6 Å². The predicted molar refractivity (Wildman–Crippen MR) is 65.3 cm³/mol. The van der Waals surface area contributed by atoms with Crippen LogP contribution < -0.4 is 0 Å². The summed E-state index contributed by atoms with van der Waals surface area (Å²) in [6, 6.07) is 6.60. The number of rotatable bonds is 3. The Hall–Kier alpha value is -1.33. The van der Waals surface area contributed by atoms with E-state index < -0.39 is 21.4 Å². The monoisotopic (exact) mass is 272 g/mol. The van der Waals surface area contributed by atoms with Gasteiger partial charge in [-0.25, -0.2) is 8.42 Å². The fourth-order valence-corrected chi connectivity index (χ4v) is 2.31. The third kappa shape index (κ3) is 2.68. The normalized spacial score (nSPS) is 11.9. The molecule has 0 radical (unpaired) electrons. The first kappa shape index (κ1) is 12.1. The van der Waals surface area contributed by atoms with Crippen LogP contribution in [-0.4, -0.2) is 26.2 Å². The van der Waals surface area contributed by atoms with Gasteiger partial charge in [0.2, 0.25) is 5.78 Å². The largest absolute Gasteiger partial charge is 0.451 e. The number of carbonyl (C=O) groups excluding carboxylic acids is 1. The van der Waals surface area contributed by atoms with E-state index in [0.717, 1.165) is 6.26 Å². The number of hydrogen-bond acceptors (Lipinski definition) is 4. The first-order valence-corrected chi connectivity index (χ1v) is 7.20. The molecule has 1 aromatic carbocycles. The molecule has 4 nitrogen and oxygen atoms in total. The molecule has 0 fully saturated rings. The molecule has 1 heterocycles. The average molecular weight is 273 g/mol. The van der Waals surface area contributed by atoms with Gasteiger partial charge in [-0.05, 0) is 12.1 Å². The third-order valence-corrected chi connectivity index (χ3v) is 3.25. The van der Waals surface area contributed by atoms with Gasteiger partial charge in [0.05, 0.1) is 5.02 Å². The molecule has 0 saturated carbocycles. The molecule has 0 N–H and O–H groups in total. The third-order valence-electron chi connectivity index (χ3n) is 2.16. The fourth-order valence-electron chi connectivity index (χ4n) is 1.47. The highest BCUT2D eigenvalue weighted by Gasteiger charge is 2.18. The van der Waals surface area contributed by atoms with E-state index in [-0.39, 0.29) is 5.76 Å². The summed E-state index contributed by atoms with van der Waals surface area (Å²) in [7, 11) is -3.36. The van der Waals surface area contributed by atoms with Gasteiger partial charge in [0.15, 0.2) is 21.2 Å². The number of halogens is 1. The van der Waals surface area contributed by atoms with Crippen molar-refractivity contribution in [1.29, 1.82) is 0 Å². The molecule has 0 atom stereocenters. The maximum atomic E-state index is 11.6. The molecular formula is C11H9ClO4S. The second-order valence-corrected chi connectivity index (χ2v) is 6.31.